The fourth-order valence-corrected chi connectivity index (χ4v) is 4.77. The fourth-order valence-electron chi connectivity index (χ4n) is 4.58. The number of ether oxygens (including phenoxy) is 1. The molecule has 2 aromatic heterocycles. The Kier molecular flexibility index (Phi) is 8.63. The predicted octanol–water partition coefficient (Wildman–Crippen LogP) is 4.91. The van der Waals surface area contributed by atoms with Gasteiger partial charge < -0.3 is 19.9 Å². The highest BCUT2D eigenvalue weighted by molar-refractivity contribution is 6.31. The van der Waals surface area contributed by atoms with Gasteiger partial charge >= 0.3 is 0 Å². The molecule has 0 spiro atoms. The van der Waals surface area contributed by atoms with Crippen molar-refractivity contribution in [1.29, 1.82) is 0 Å². The molecule has 0 aliphatic heterocycles. The minimum absolute atomic E-state index is 0.157. The van der Waals surface area contributed by atoms with Gasteiger partial charge in [-0.05, 0) is 78.2 Å². The molecule has 0 bridgehead atoms. The second-order valence-electron chi connectivity index (χ2n) is 9.67. The lowest BCUT2D eigenvalue weighted by atomic mass is 9.98. The van der Waals surface area contributed by atoms with Crippen molar-refractivity contribution in [2.75, 3.05) is 11.9 Å². The molecule has 5 aromatic rings. The molecule has 5 rings (SSSR count). The minimum atomic E-state index is -0.937. The lowest BCUT2D eigenvalue weighted by Gasteiger charge is -2.20. The van der Waals surface area contributed by atoms with Gasteiger partial charge in [0.2, 0.25) is 5.91 Å². The van der Waals surface area contributed by atoms with Crippen LogP contribution in [0.1, 0.15) is 23.0 Å². The minimum Gasteiger partial charge on any atom is -0.494 e. The number of nitrogens with zero attached hydrogens (tertiary/aromatic N) is 5. The maximum Gasteiger partial charge on any atom is 0.270 e. The average Bonchev–Trinajstić information content (AvgIpc) is 3.62. The summed E-state index contributed by atoms with van der Waals surface area (Å²) in [6.07, 6.45) is 3.31. The van der Waals surface area contributed by atoms with Crippen LogP contribution in [0, 0.1) is 0 Å². The summed E-state index contributed by atoms with van der Waals surface area (Å²) >= 11 is 6.62. The van der Waals surface area contributed by atoms with E-state index in [0.29, 0.717) is 34.4 Å². The molecule has 0 saturated carbocycles. The first-order chi connectivity index (χ1) is 20.3. The summed E-state index contributed by atoms with van der Waals surface area (Å²) in [6.45, 7) is 2.50. The van der Waals surface area contributed by atoms with Gasteiger partial charge in [0.1, 0.15) is 23.8 Å². The summed E-state index contributed by atoms with van der Waals surface area (Å²) < 4.78 is 8.92. The van der Waals surface area contributed by atoms with Gasteiger partial charge in [0.05, 0.1) is 6.61 Å². The fraction of sp³-hybridized carbons (Fsp3) is 0.194. The van der Waals surface area contributed by atoms with Crippen LogP contribution in [0.3, 0.4) is 0 Å². The summed E-state index contributed by atoms with van der Waals surface area (Å²) in [4.78, 5) is 26.8. The zero-order chi connectivity index (χ0) is 29.6. The van der Waals surface area contributed by atoms with E-state index in [1.165, 1.54) is 10.9 Å². The van der Waals surface area contributed by atoms with Crippen molar-refractivity contribution in [3.63, 3.8) is 0 Å². The van der Waals surface area contributed by atoms with Crippen molar-refractivity contribution >= 4 is 29.1 Å². The quantitative estimate of drug-likeness (QED) is 0.241. The van der Waals surface area contributed by atoms with E-state index < -0.39 is 17.9 Å². The van der Waals surface area contributed by atoms with Crippen LogP contribution in [0.25, 0.3) is 22.5 Å². The Labute approximate surface area is 248 Å². The van der Waals surface area contributed by atoms with E-state index in [4.69, 9.17) is 16.3 Å². The van der Waals surface area contributed by atoms with E-state index in [1.54, 1.807) is 37.6 Å². The highest BCUT2D eigenvalue weighted by Crippen LogP contribution is 2.29. The molecule has 0 aliphatic carbocycles. The Morgan fingerprint density at radius 3 is 2.43 bits per heavy atom. The number of nitrogens with one attached hydrogen (secondary N) is 2. The normalized spacial score (nSPS) is 11.6. The van der Waals surface area contributed by atoms with Crippen LogP contribution < -0.4 is 15.4 Å². The van der Waals surface area contributed by atoms with Crippen LogP contribution in [0.5, 0.6) is 5.75 Å². The lowest BCUT2D eigenvalue weighted by Crippen LogP contribution is -2.45. The number of benzene rings is 3. The Hall–Kier alpha value is -4.96. The molecule has 0 saturated heterocycles. The summed E-state index contributed by atoms with van der Waals surface area (Å²) in [5.41, 5.74) is 4.31. The van der Waals surface area contributed by atoms with Gasteiger partial charge in [0.25, 0.3) is 5.91 Å². The molecule has 2 amide bonds. The smallest absolute Gasteiger partial charge is 0.270 e. The SMILES string of the molecule is CCOc1cccc(-c2ccc(Cl)c(CC(NC(=O)c3ccnn3C)C(=O)Nc3ccc(-c4nncn4C)cc3)c2)c1. The topological polar surface area (TPSA) is 116 Å². The third kappa shape index (κ3) is 6.50. The molecule has 0 fully saturated rings. The summed E-state index contributed by atoms with van der Waals surface area (Å²) in [5.74, 6) is 0.647. The van der Waals surface area contributed by atoms with Gasteiger partial charge in [-0.2, -0.15) is 5.10 Å². The summed E-state index contributed by atoms with van der Waals surface area (Å²) in [7, 11) is 3.52. The number of aryl methyl sites for hydroxylation is 2. The molecular formula is C31H30ClN7O3. The number of amides is 2. The molecule has 2 heterocycles. The Morgan fingerprint density at radius 1 is 0.976 bits per heavy atom. The maximum atomic E-state index is 13.6. The monoisotopic (exact) mass is 583 g/mol. The summed E-state index contributed by atoms with van der Waals surface area (Å²) in [5, 5.41) is 18.4. The number of anilines is 1. The zero-order valence-corrected chi connectivity index (χ0v) is 24.2. The van der Waals surface area contributed by atoms with E-state index in [0.717, 1.165) is 22.4 Å². The zero-order valence-electron chi connectivity index (χ0n) is 23.4. The van der Waals surface area contributed by atoms with Gasteiger partial charge in [-0.1, -0.05) is 29.8 Å². The van der Waals surface area contributed by atoms with Crippen LogP contribution in [0.15, 0.2) is 85.3 Å². The second kappa shape index (κ2) is 12.7. The largest absolute Gasteiger partial charge is 0.494 e. The molecule has 1 atom stereocenters. The van der Waals surface area contributed by atoms with Crippen molar-refractivity contribution in [2.24, 2.45) is 14.1 Å². The predicted molar refractivity (Wildman–Crippen MR) is 161 cm³/mol. The first kappa shape index (κ1) is 28.6. The van der Waals surface area contributed by atoms with Gasteiger partial charge in [-0.3, -0.25) is 14.3 Å². The molecular weight excluding hydrogens is 554 g/mol. The second-order valence-corrected chi connectivity index (χ2v) is 10.1. The van der Waals surface area contributed by atoms with Gasteiger partial charge in [0.15, 0.2) is 5.82 Å². The first-order valence-electron chi connectivity index (χ1n) is 13.4. The number of carbonyl (C=O) groups is 2. The van der Waals surface area contributed by atoms with Crippen LogP contribution in [-0.2, 0) is 25.3 Å². The van der Waals surface area contributed by atoms with Crippen molar-refractivity contribution < 1.29 is 14.3 Å². The number of halogens is 1. The van der Waals surface area contributed by atoms with E-state index >= 15 is 0 Å². The van der Waals surface area contributed by atoms with Crippen LogP contribution in [0.2, 0.25) is 5.02 Å². The number of rotatable bonds is 10. The van der Waals surface area contributed by atoms with Crippen molar-refractivity contribution in [1.82, 2.24) is 29.9 Å². The van der Waals surface area contributed by atoms with Crippen molar-refractivity contribution in [2.45, 2.75) is 19.4 Å². The number of aromatic nitrogens is 5. The Bertz CT molecular complexity index is 1710. The van der Waals surface area contributed by atoms with Crippen molar-refractivity contribution in [3.05, 3.63) is 102 Å². The molecule has 42 heavy (non-hydrogen) atoms. The van der Waals surface area contributed by atoms with Crippen LogP contribution in [-0.4, -0.2) is 49.0 Å². The van der Waals surface area contributed by atoms with Crippen LogP contribution in [0.4, 0.5) is 5.69 Å². The molecule has 0 radical (unpaired) electrons. The van der Waals surface area contributed by atoms with E-state index in [1.807, 2.05) is 67.1 Å². The van der Waals surface area contributed by atoms with Gasteiger partial charge in [-0.25, -0.2) is 0 Å². The highest BCUT2D eigenvalue weighted by Gasteiger charge is 2.25. The molecule has 3 aromatic carbocycles. The van der Waals surface area contributed by atoms with E-state index in [9.17, 15) is 9.59 Å². The molecule has 11 heteroatoms. The standard InChI is InChI=1S/C31H30ClN7O3/c1-4-42-25-7-5-6-21(17-25)22-10-13-26(32)23(16-22)18-27(36-31(41)28-14-15-34-39(28)3)30(40)35-24-11-8-20(9-12-24)29-37-33-19-38(29)2/h5-17,19,27H,4,18H2,1-3H3,(H,35,40)(H,36,41). The molecule has 2 N–H and O–H groups in total. The van der Waals surface area contributed by atoms with E-state index in [-0.39, 0.29) is 6.42 Å². The van der Waals surface area contributed by atoms with E-state index in [2.05, 4.69) is 25.9 Å². The third-order valence-corrected chi connectivity index (χ3v) is 7.11. The number of hydrogen-bond acceptors (Lipinski definition) is 6. The summed E-state index contributed by atoms with van der Waals surface area (Å²) in [6, 6.07) is 21.3. The molecule has 1 unspecified atom stereocenters. The van der Waals surface area contributed by atoms with Gasteiger partial charge in [-0.15, -0.1) is 10.2 Å². The first-order valence-corrected chi connectivity index (χ1v) is 13.8. The Balaban J connectivity index is 1.41. The third-order valence-electron chi connectivity index (χ3n) is 6.75. The number of hydrogen-bond donors (Lipinski definition) is 2. The lowest BCUT2D eigenvalue weighted by molar-refractivity contribution is -0.118. The highest BCUT2D eigenvalue weighted by atomic mass is 35.5. The molecule has 214 valence electrons. The molecule has 10 nitrogen and oxygen atoms in total. The van der Waals surface area contributed by atoms with Crippen LogP contribution >= 0.6 is 11.6 Å². The Morgan fingerprint density at radius 2 is 1.74 bits per heavy atom. The van der Waals surface area contributed by atoms with Gasteiger partial charge in [0, 0.05) is 43.0 Å². The average molecular weight is 584 g/mol. The maximum absolute atomic E-state index is 13.6. The molecule has 0 aliphatic rings. The van der Waals surface area contributed by atoms with Crippen molar-refractivity contribution in [3.8, 4) is 28.3 Å². The number of carbonyl (C=O) groups excluding carboxylic acids is 2.